The number of rotatable bonds is 1. The van der Waals surface area contributed by atoms with E-state index >= 15 is 0 Å². The van der Waals surface area contributed by atoms with Crippen molar-refractivity contribution in [1.82, 2.24) is 4.81 Å². The standard InChI is InChI=1S/C6H13BFNO2/c1-5-3-2-4-6(8)9(5)7(10)11/h5-6,10-11H,2-4H2,1H3. The van der Waals surface area contributed by atoms with Crippen LogP contribution in [0.3, 0.4) is 0 Å². The highest BCUT2D eigenvalue weighted by molar-refractivity contribution is 6.37. The second-order valence-electron chi connectivity index (χ2n) is 3.01. The first kappa shape index (κ1) is 8.97. The first-order valence-electron chi connectivity index (χ1n) is 3.90. The Labute approximate surface area is 66.0 Å². The molecule has 0 spiro atoms. The average Bonchev–Trinajstić information content (AvgIpc) is 1.85. The van der Waals surface area contributed by atoms with Crippen LogP contribution in [0.1, 0.15) is 26.2 Å². The molecule has 0 amide bonds. The van der Waals surface area contributed by atoms with E-state index in [9.17, 15) is 4.39 Å². The molecule has 5 heteroatoms. The van der Waals surface area contributed by atoms with Crippen molar-refractivity contribution in [2.45, 2.75) is 38.5 Å². The van der Waals surface area contributed by atoms with Crippen molar-refractivity contribution in [1.29, 1.82) is 0 Å². The van der Waals surface area contributed by atoms with Crippen LogP contribution in [0.2, 0.25) is 0 Å². The Kier molecular flexibility index (Phi) is 2.87. The summed E-state index contributed by atoms with van der Waals surface area (Å²) in [4.78, 5) is 1.09. The Morgan fingerprint density at radius 1 is 1.45 bits per heavy atom. The predicted octanol–water partition coefficient (Wildman–Crippen LogP) is 0.126. The van der Waals surface area contributed by atoms with Crippen molar-refractivity contribution in [3.05, 3.63) is 0 Å². The van der Waals surface area contributed by atoms with Crippen LogP contribution in [0.4, 0.5) is 4.39 Å². The van der Waals surface area contributed by atoms with Gasteiger partial charge in [0.1, 0.15) is 6.30 Å². The van der Waals surface area contributed by atoms with Gasteiger partial charge in [-0.15, -0.1) is 0 Å². The second kappa shape index (κ2) is 3.52. The maximum atomic E-state index is 13.0. The monoisotopic (exact) mass is 161 g/mol. The van der Waals surface area contributed by atoms with Gasteiger partial charge in [0.15, 0.2) is 0 Å². The maximum Gasteiger partial charge on any atom is 0.554 e. The molecule has 0 aromatic heterocycles. The molecule has 3 nitrogen and oxygen atoms in total. The van der Waals surface area contributed by atoms with E-state index in [0.717, 1.165) is 17.7 Å². The molecule has 11 heavy (non-hydrogen) atoms. The lowest BCUT2D eigenvalue weighted by Gasteiger charge is -2.35. The summed E-state index contributed by atoms with van der Waals surface area (Å²) in [6.07, 6.45) is 0.865. The molecule has 0 bridgehead atoms. The van der Waals surface area contributed by atoms with E-state index in [1.165, 1.54) is 0 Å². The molecule has 1 rings (SSSR count). The summed E-state index contributed by atoms with van der Waals surface area (Å²) in [5.74, 6) is 0. The Hall–Kier alpha value is -0.125. The fourth-order valence-corrected chi connectivity index (χ4v) is 1.53. The summed E-state index contributed by atoms with van der Waals surface area (Å²) in [6, 6.07) is -0.0706. The van der Waals surface area contributed by atoms with E-state index in [4.69, 9.17) is 10.0 Å². The largest absolute Gasteiger partial charge is 0.554 e. The topological polar surface area (TPSA) is 43.7 Å². The lowest BCUT2D eigenvalue weighted by atomic mass is 9.93. The lowest BCUT2D eigenvalue weighted by molar-refractivity contribution is 0.0480. The third-order valence-corrected chi connectivity index (χ3v) is 2.16. The van der Waals surface area contributed by atoms with E-state index in [1.807, 2.05) is 0 Å². The Bertz CT molecular complexity index is 126. The minimum Gasteiger partial charge on any atom is -0.413 e. The summed E-state index contributed by atoms with van der Waals surface area (Å²) in [5.41, 5.74) is 0. The molecule has 0 radical (unpaired) electrons. The number of hydrogen-bond acceptors (Lipinski definition) is 3. The zero-order valence-corrected chi connectivity index (χ0v) is 6.57. The minimum atomic E-state index is -1.65. The van der Waals surface area contributed by atoms with Crippen molar-refractivity contribution in [2.24, 2.45) is 0 Å². The predicted molar refractivity (Wildman–Crippen MR) is 40.2 cm³/mol. The molecule has 64 valence electrons. The van der Waals surface area contributed by atoms with E-state index < -0.39 is 13.5 Å². The van der Waals surface area contributed by atoms with Crippen molar-refractivity contribution in [2.75, 3.05) is 0 Å². The third kappa shape index (κ3) is 1.92. The zero-order valence-electron chi connectivity index (χ0n) is 6.57. The lowest BCUT2D eigenvalue weighted by Crippen LogP contribution is -2.52. The molecule has 0 saturated carbocycles. The van der Waals surface area contributed by atoms with Gasteiger partial charge in [0.2, 0.25) is 0 Å². The highest BCUT2D eigenvalue weighted by atomic mass is 19.1. The summed E-state index contributed by atoms with van der Waals surface area (Å²) >= 11 is 0. The van der Waals surface area contributed by atoms with Gasteiger partial charge >= 0.3 is 7.25 Å². The Balaban J connectivity index is 2.55. The van der Waals surface area contributed by atoms with Gasteiger partial charge in [-0.1, -0.05) is 6.92 Å². The van der Waals surface area contributed by atoms with Gasteiger partial charge in [0.25, 0.3) is 0 Å². The highest BCUT2D eigenvalue weighted by Crippen LogP contribution is 2.23. The minimum absolute atomic E-state index is 0.0706. The highest BCUT2D eigenvalue weighted by Gasteiger charge is 2.35. The fraction of sp³-hybridized carbons (Fsp3) is 1.00. The molecule has 1 saturated heterocycles. The quantitative estimate of drug-likeness (QED) is 0.424. The molecule has 0 aromatic rings. The first-order chi connectivity index (χ1) is 5.13. The van der Waals surface area contributed by atoms with Gasteiger partial charge in [-0.2, -0.15) is 0 Å². The van der Waals surface area contributed by atoms with Crippen LogP contribution in [0.15, 0.2) is 0 Å². The Morgan fingerprint density at radius 3 is 2.45 bits per heavy atom. The fourth-order valence-electron chi connectivity index (χ4n) is 1.53. The van der Waals surface area contributed by atoms with Crippen LogP contribution in [0.25, 0.3) is 0 Å². The second-order valence-corrected chi connectivity index (χ2v) is 3.01. The third-order valence-electron chi connectivity index (χ3n) is 2.16. The summed E-state index contributed by atoms with van der Waals surface area (Å²) < 4.78 is 13.0. The summed E-state index contributed by atoms with van der Waals surface area (Å²) in [6.45, 7) is 1.80. The molecule has 1 fully saturated rings. The zero-order chi connectivity index (χ0) is 8.43. The van der Waals surface area contributed by atoms with Crippen LogP contribution in [0, 0.1) is 0 Å². The normalized spacial score (nSPS) is 33.8. The van der Waals surface area contributed by atoms with Gasteiger partial charge in [-0.25, -0.2) is 4.39 Å². The van der Waals surface area contributed by atoms with Gasteiger partial charge in [0, 0.05) is 6.04 Å². The number of nitrogens with zero attached hydrogens (tertiary/aromatic N) is 1. The molecule has 0 aromatic carbocycles. The van der Waals surface area contributed by atoms with Gasteiger partial charge in [-0.05, 0) is 19.3 Å². The molecule has 1 heterocycles. The Morgan fingerprint density at radius 2 is 2.09 bits per heavy atom. The molecule has 0 aliphatic carbocycles. The van der Waals surface area contributed by atoms with Gasteiger partial charge in [-0.3, -0.25) is 4.81 Å². The number of hydrogen-bond donors (Lipinski definition) is 2. The van der Waals surface area contributed by atoms with E-state index in [0.29, 0.717) is 6.42 Å². The summed E-state index contributed by atoms with van der Waals surface area (Å²) in [5, 5.41) is 17.5. The van der Waals surface area contributed by atoms with E-state index in [1.54, 1.807) is 6.92 Å². The number of halogens is 1. The summed E-state index contributed by atoms with van der Waals surface area (Å²) in [7, 11) is -1.65. The molecule has 1 aliphatic heterocycles. The van der Waals surface area contributed by atoms with Crippen molar-refractivity contribution in [3.63, 3.8) is 0 Å². The van der Waals surface area contributed by atoms with Gasteiger partial charge in [0.05, 0.1) is 0 Å². The van der Waals surface area contributed by atoms with E-state index in [-0.39, 0.29) is 6.04 Å². The van der Waals surface area contributed by atoms with Crippen molar-refractivity contribution < 1.29 is 14.4 Å². The van der Waals surface area contributed by atoms with Crippen molar-refractivity contribution in [3.8, 4) is 0 Å². The SMILES string of the molecule is CC1CCCC(F)N1B(O)O. The van der Waals surface area contributed by atoms with E-state index in [2.05, 4.69) is 0 Å². The van der Waals surface area contributed by atoms with Crippen LogP contribution in [-0.2, 0) is 0 Å². The van der Waals surface area contributed by atoms with Gasteiger partial charge < -0.3 is 10.0 Å². The van der Waals surface area contributed by atoms with Crippen molar-refractivity contribution >= 4 is 7.25 Å². The number of alkyl halides is 1. The molecular weight excluding hydrogens is 148 g/mol. The molecule has 2 unspecified atom stereocenters. The van der Waals surface area contributed by atoms with Crippen LogP contribution >= 0.6 is 0 Å². The smallest absolute Gasteiger partial charge is 0.413 e. The molecular formula is C6H13BFNO2. The maximum absolute atomic E-state index is 13.0. The molecule has 2 N–H and O–H groups in total. The molecule has 2 atom stereocenters. The van der Waals surface area contributed by atoms with Crippen LogP contribution < -0.4 is 0 Å². The average molecular weight is 161 g/mol. The van der Waals surface area contributed by atoms with Crippen LogP contribution in [-0.4, -0.2) is 34.4 Å². The molecule has 1 aliphatic rings. The first-order valence-corrected chi connectivity index (χ1v) is 3.90. The van der Waals surface area contributed by atoms with Crippen LogP contribution in [0.5, 0.6) is 0 Å². The number of piperidine rings is 1.